The quantitative estimate of drug-likeness (QED) is 0.342. The lowest BCUT2D eigenvalue weighted by molar-refractivity contribution is 0.172. The Morgan fingerprint density at radius 1 is 0.867 bits per heavy atom. The molecule has 0 aliphatic carbocycles. The van der Waals surface area contributed by atoms with E-state index in [1.54, 1.807) is 0 Å². The van der Waals surface area contributed by atoms with Crippen LogP contribution in [0.1, 0.15) is 90.3 Å². The van der Waals surface area contributed by atoms with Gasteiger partial charge in [0, 0.05) is 25.2 Å². The molecule has 4 heteroatoms. The van der Waals surface area contributed by atoms with E-state index in [2.05, 4.69) is 79.2 Å². The molecule has 0 radical (unpaired) electrons. The van der Waals surface area contributed by atoms with Crippen LogP contribution in [0, 0.1) is 18.8 Å². The van der Waals surface area contributed by atoms with Crippen molar-refractivity contribution in [2.75, 3.05) is 13.1 Å². The van der Waals surface area contributed by atoms with E-state index in [4.69, 9.17) is 0 Å². The van der Waals surface area contributed by atoms with Crippen molar-refractivity contribution in [1.82, 2.24) is 20.3 Å². The molecule has 0 aliphatic rings. The number of aromatic amines is 1. The molecule has 0 aliphatic heterocycles. The number of rotatable bonds is 15. The fourth-order valence-corrected chi connectivity index (χ4v) is 4.40. The van der Waals surface area contributed by atoms with Crippen molar-refractivity contribution in [2.45, 2.75) is 92.5 Å². The summed E-state index contributed by atoms with van der Waals surface area (Å²) in [6.07, 6.45) is 10.4. The third-order valence-electron chi connectivity index (χ3n) is 6.51. The molecular formula is C26H44N4. The first-order valence-corrected chi connectivity index (χ1v) is 12.3. The molecule has 2 rings (SSSR count). The predicted octanol–water partition coefficient (Wildman–Crippen LogP) is 7.01. The zero-order valence-corrected chi connectivity index (χ0v) is 20.1. The van der Waals surface area contributed by atoms with Gasteiger partial charge in [0.25, 0.3) is 0 Å². The largest absolute Gasteiger partial charge is 0.297 e. The SMILES string of the molecule is CCCCC(CC)CN(Cc1n[nH]nc1-c1ccccc1C)CC(CC)CCCC. The summed E-state index contributed by atoms with van der Waals surface area (Å²) in [7, 11) is 0. The molecule has 0 bridgehead atoms. The molecule has 0 spiro atoms. The second-order valence-electron chi connectivity index (χ2n) is 8.96. The van der Waals surface area contributed by atoms with Gasteiger partial charge in [-0.1, -0.05) is 90.5 Å². The third kappa shape index (κ3) is 7.54. The van der Waals surface area contributed by atoms with E-state index in [0.717, 1.165) is 29.8 Å². The number of benzene rings is 1. The van der Waals surface area contributed by atoms with Gasteiger partial charge in [-0.2, -0.15) is 15.4 Å². The summed E-state index contributed by atoms with van der Waals surface area (Å²) in [5, 5.41) is 12.0. The Labute approximate surface area is 184 Å². The van der Waals surface area contributed by atoms with Gasteiger partial charge in [0.15, 0.2) is 0 Å². The van der Waals surface area contributed by atoms with Crippen LogP contribution in [-0.2, 0) is 6.54 Å². The summed E-state index contributed by atoms with van der Waals surface area (Å²) in [4.78, 5) is 2.67. The molecule has 1 aromatic heterocycles. The normalized spacial score (nSPS) is 13.7. The fourth-order valence-electron chi connectivity index (χ4n) is 4.40. The highest BCUT2D eigenvalue weighted by atomic mass is 15.3. The fraction of sp³-hybridized carbons (Fsp3) is 0.692. The average Bonchev–Trinajstić information content (AvgIpc) is 3.21. The molecule has 1 aromatic carbocycles. The third-order valence-corrected chi connectivity index (χ3v) is 6.51. The summed E-state index contributed by atoms with van der Waals surface area (Å²) < 4.78 is 0. The molecule has 1 N–H and O–H groups in total. The van der Waals surface area contributed by atoms with E-state index in [1.807, 2.05) is 0 Å². The minimum Gasteiger partial charge on any atom is -0.297 e. The summed E-state index contributed by atoms with van der Waals surface area (Å²) in [6.45, 7) is 14.7. The molecule has 2 unspecified atom stereocenters. The highest BCUT2D eigenvalue weighted by Crippen LogP contribution is 2.26. The highest BCUT2D eigenvalue weighted by molar-refractivity contribution is 5.64. The second-order valence-corrected chi connectivity index (χ2v) is 8.96. The maximum absolute atomic E-state index is 4.59. The topological polar surface area (TPSA) is 44.8 Å². The van der Waals surface area contributed by atoms with Crippen molar-refractivity contribution in [2.24, 2.45) is 11.8 Å². The van der Waals surface area contributed by atoms with Crippen LogP contribution in [0.15, 0.2) is 24.3 Å². The molecule has 0 saturated carbocycles. The zero-order chi connectivity index (χ0) is 21.8. The lowest BCUT2D eigenvalue weighted by Crippen LogP contribution is -2.34. The monoisotopic (exact) mass is 412 g/mol. The summed E-state index contributed by atoms with van der Waals surface area (Å²) in [5.41, 5.74) is 4.54. The van der Waals surface area contributed by atoms with Gasteiger partial charge >= 0.3 is 0 Å². The average molecular weight is 413 g/mol. The van der Waals surface area contributed by atoms with Crippen LogP contribution in [-0.4, -0.2) is 33.4 Å². The first kappa shape index (κ1) is 24.6. The van der Waals surface area contributed by atoms with Crippen molar-refractivity contribution in [1.29, 1.82) is 0 Å². The standard InChI is InChI=1S/C26H44N4/c1-6-10-15-22(8-3)18-30(19-23(9-4)16-11-7-2)20-25-26(28-29-27-25)24-17-13-12-14-21(24)5/h12-14,17,22-23H,6-11,15-16,18-20H2,1-5H3,(H,27,28,29). The molecule has 2 atom stereocenters. The van der Waals surface area contributed by atoms with Crippen LogP contribution < -0.4 is 0 Å². The van der Waals surface area contributed by atoms with Crippen molar-refractivity contribution in [3.8, 4) is 11.3 Å². The van der Waals surface area contributed by atoms with Crippen LogP contribution in [0.3, 0.4) is 0 Å². The van der Waals surface area contributed by atoms with Crippen molar-refractivity contribution >= 4 is 0 Å². The molecule has 0 amide bonds. The van der Waals surface area contributed by atoms with Gasteiger partial charge in [0.05, 0.1) is 0 Å². The van der Waals surface area contributed by atoms with Gasteiger partial charge in [-0.15, -0.1) is 0 Å². The molecule has 1 heterocycles. The van der Waals surface area contributed by atoms with E-state index < -0.39 is 0 Å². The van der Waals surface area contributed by atoms with Gasteiger partial charge < -0.3 is 0 Å². The summed E-state index contributed by atoms with van der Waals surface area (Å²) >= 11 is 0. The van der Waals surface area contributed by atoms with Crippen LogP contribution >= 0.6 is 0 Å². The Bertz CT molecular complexity index is 691. The summed E-state index contributed by atoms with van der Waals surface area (Å²) in [6, 6.07) is 8.49. The molecule has 0 fully saturated rings. The maximum atomic E-state index is 4.59. The number of hydrogen-bond acceptors (Lipinski definition) is 3. The van der Waals surface area contributed by atoms with Crippen LogP contribution in [0.2, 0.25) is 0 Å². The van der Waals surface area contributed by atoms with Gasteiger partial charge in [0.1, 0.15) is 11.4 Å². The predicted molar refractivity (Wildman–Crippen MR) is 128 cm³/mol. The van der Waals surface area contributed by atoms with Crippen molar-refractivity contribution in [3.63, 3.8) is 0 Å². The maximum Gasteiger partial charge on any atom is 0.117 e. The van der Waals surface area contributed by atoms with Crippen molar-refractivity contribution in [3.05, 3.63) is 35.5 Å². The molecular weight excluding hydrogens is 368 g/mol. The van der Waals surface area contributed by atoms with Gasteiger partial charge in [0.2, 0.25) is 0 Å². The highest BCUT2D eigenvalue weighted by Gasteiger charge is 2.21. The first-order valence-electron chi connectivity index (χ1n) is 12.3. The van der Waals surface area contributed by atoms with E-state index in [9.17, 15) is 0 Å². The number of nitrogens with zero attached hydrogens (tertiary/aromatic N) is 3. The van der Waals surface area contributed by atoms with Gasteiger partial charge in [-0.05, 0) is 37.2 Å². The van der Waals surface area contributed by atoms with Crippen LogP contribution in [0.5, 0.6) is 0 Å². The number of nitrogens with one attached hydrogen (secondary N) is 1. The number of aromatic nitrogens is 3. The van der Waals surface area contributed by atoms with Gasteiger partial charge in [-0.3, -0.25) is 4.90 Å². The van der Waals surface area contributed by atoms with Gasteiger partial charge in [-0.25, -0.2) is 0 Å². The van der Waals surface area contributed by atoms with Crippen molar-refractivity contribution < 1.29 is 0 Å². The Balaban J connectivity index is 2.20. The van der Waals surface area contributed by atoms with Crippen LogP contribution in [0.25, 0.3) is 11.3 Å². The minimum absolute atomic E-state index is 0.766. The zero-order valence-electron chi connectivity index (χ0n) is 20.1. The van der Waals surface area contributed by atoms with E-state index in [1.165, 1.54) is 75.6 Å². The molecule has 2 aromatic rings. The first-order chi connectivity index (χ1) is 14.6. The molecule has 4 nitrogen and oxygen atoms in total. The Morgan fingerprint density at radius 3 is 2.00 bits per heavy atom. The number of H-pyrrole nitrogens is 1. The van der Waals surface area contributed by atoms with E-state index in [0.29, 0.717) is 0 Å². The molecule has 0 saturated heterocycles. The molecule has 30 heavy (non-hydrogen) atoms. The second kappa shape index (κ2) is 13.6. The van der Waals surface area contributed by atoms with E-state index >= 15 is 0 Å². The van der Waals surface area contributed by atoms with E-state index in [-0.39, 0.29) is 0 Å². The number of aryl methyl sites for hydroxylation is 1. The van der Waals surface area contributed by atoms with Crippen LogP contribution in [0.4, 0.5) is 0 Å². The lowest BCUT2D eigenvalue weighted by atomic mass is 9.95. The summed E-state index contributed by atoms with van der Waals surface area (Å²) in [5.74, 6) is 1.53. The Kier molecular flexibility index (Phi) is 11.1. The Hall–Kier alpha value is -1.68. The number of hydrogen-bond donors (Lipinski definition) is 1. The minimum atomic E-state index is 0.766. The number of unbranched alkanes of at least 4 members (excludes halogenated alkanes) is 2. The Morgan fingerprint density at radius 2 is 1.47 bits per heavy atom. The lowest BCUT2D eigenvalue weighted by Gasteiger charge is -2.30. The smallest absolute Gasteiger partial charge is 0.117 e. The molecule has 168 valence electrons.